The third-order valence-corrected chi connectivity index (χ3v) is 21.6. The molecule has 0 aromatic rings. The van der Waals surface area contributed by atoms with Crippen molar-refractivity contribution in [2.75, 3.05) is 5.75 Å². The van der Waals surface area contributed by atoms with E-state index in [2.05, 4.69) is 19.6 Å². The maximum atomic E-state index is 4.31. The van der Waals surface area contributed by atoms with E-state index in [0.717, 1.165) is 5.75 Å². The van der Waals surface area contributed by atoms with Crippen LogP contribution in [0.25, 0.3) is 0 Å². The molecule has 0 spiro atoms. The normalized spacial score (nSPS) is 11.8. The molecule has 0 aliphatic heterocycles. The smallest absolute Gasteiger partial charge is 0.00979 e. The summed E-state index contributed by atoms with van der Waals surface area (Å²) in [7, 11) is 0. The standard InChI is InChI=1S/C87H176S/c1-2-3-4-5-6-7-8-9-10-11-12-13-14-15-16-17-18-19-20-21-22-23-24-25-26-27-28-29-30-31-32-33-34-35-36-37-38-39-40-41-42-43-44-45-46-47-48-49-50-51-52-53-54-55-56-57-58-59-60-61-62-63-64-65-66-67-68-69-70-71-72-73-74-75-76-77-78-79-80-81-82-83-84-85-86-87-88/h88H,2-87H2,1H3. The van der Waals surface area contributed by atoms with Gasteiger partial charge in [0.2, 0.25) is 0 Å². The molecule has 0 saturated carbocycles. The van der Waals surface area contributed by atoms with E-state index in [1.165, 1.54) is 546 Å². The predicted octanol–water partition coefficient (Wildman–Crippen LogP) is 34.1. The molecule has 0 heterocycles. The van der Waals surface area contributed by atoms with E-state index in [1.54, 1.807) is 0 Å². The topological polar surface area (TPSA) is 0 Å². The van der Waals surface area contributed by atoms with Crippen LogP contribution in [0.2, 0.25) is 0 Å². The van der Waals surface area contributed by atoms with E-state index in [4.69, 9.17) is 0 Å². The first-order chi connectivity index (χ1) is 43.9. The highest BCUT2D eigenvalue weighted by Gasteiger charge is 2.03. The average Bonchev–Trinajstić information content (AvgIpc) is 3.54. The highest BCUT2D eigenvalue weighted by molar-refractivity contribution is 7.80. The third-order valence-electron chi connectivity index (χ3n) is 21.3. The van der Waals surface area contributed by atoms with Crippen molar-refractivity contribution in [1.82, 2.24) is 0 Å². The lowest BCUT2D eigenvalue weighted by molar-refractivity contribution is 0.505. The molecular weight excluding hydrogens is 1080 g/mol. The molecule has 0 atom stereocenters. The second kappa shape index (κ2) is 87.3. The minimum Gasteiger partial charge on any atom is -0.179 e. The molecule has 0 nitrogen and oxygen atoms in total. The number of hydrogen-bond acceptors (Lipinski definition) is 1. The van der Waals surface area contributed by atoms with Gasteiger partial charge in [-0.05, 0) is 12.2 Å². The van der Waals surface area contributed by atoms with Gasteiger partial charge in [-0.25, -0.2) is 0 Å². The van der Waals surface area contributed by atoms with Crippen molar-refractivity contribution >= 4 is 12.6 Å². The zero-order chi connectivity index (χ0) is 62.8. The van der Waals surface area contributed by atoms with Crippen molar-refractivity contribution < 1.29 is 0 Å². The van der Waals surface area contributed by atoms with Gasteiger partial charge >= 0.3 is 0 Å². The van der Waals surface area contributed by atoms with Crippen molar-refractivity contribution in [3.8, 4) is 0 Å². The Hall–Kier alpha value is 0.350. The van der Waals surface area contributed by atoms with E-state index in [0.29, 0.717) is 0 Å². The quantitative estimate of drug-likeness (QED) is 0.0455. The first kappa shape index (κ1) is 88.3. The molecule has 0 unspecified atom stereocenters. The fraction of sp³-hybridized carbons (Fsp3) is 1.00. The van der Waals surface area contributed by atoms with E-state index in [-0.39, 0.29) is 0 Å². The Morgan fingerprint density at radius 1 is 0.0909 bits per heavy atom. The fourth-order valence-corrected chi connectivity index (χ4v) is 15.1. The third kappa shape index (κ3) is 86.4. The summed E-state index contributed by atoms with van der Waals surface area (Å²) in [5.41, 5.74) is 0. The molecule has 0 fully saturated rings. The monoisotopic (exact) mass is 1250 g/mol. The zero-order valence-electron chi connectivity index (χ0n) is 62.3. The molecule has 0 bridgehead atoms. The van der Waals surface area contributed by atoms with Crippen molar-refractivity contribution in [3.05, 3.63) is 0 Å². The predicted molar refractivity (Wildman–Crippen MR) is 412 cm³/mol. The molecule has 0 rings (SSSR count). The van der Waals surface area contributed by atoms with Crippen LogP contribution >= 0.6 is 12.6 Å². The van der Waals surface area contributed by atoms with E-state index in [9.17, 15) is 0 Å². The van der Waals surface area contributed by atoms with Gasteiger partial charge in [0.25, 0.3) is 0 Å². The van der Waals surface area contributed by atoms with Crippen LogP contribution in [0.3, 0.4) is 0 Å². The summed E-state index contributed by atoms with van der Waals surface area (Å²) in [5.74, 6) is 1.07. The summed E-state index contributed by atoms with van der Waals surface area (Å²) >= 11 is 4.31. The Morgan fingerprint density at radius 2 is 0.148 bits per heavy atom. The van der Waals surface area contributed by atoms with Crippen LogP contribution in [0.1, 0.15) is 553 Å². The van der Waals surface area contributed by atoms with Gasteiger partial charge in [0, 0.05) is 0 Å². The fourth-order valence-electron chi connectivity index (χ4n) is 14.9. The van der Waals surface area contributed by atoms with Gasteiger partial charge in [-0.2, -0.15) is 12.6 Å². The Balaban J connectivity index is 3.08. The zero-order valence-corrected chi connectivity index (χ0v) is 63.2. The Bertz CT molecular complexity index is 1030. The summed E-state index contributed by atoms with van der Waals surface area (Å²) in [6.45, 7) is 2.32. The summed E-state index contributed by atoms with van der Waals surface area (Å²) < 4.78 is 0. The number of rotatable bonds is 85. The van der Waals surface area contributed by atoms with Crippen molar-refractivity contribution in [2.24, 2.45) is 0 Å². The van der Waals surface area contributed by atoms with Gasteiger partial charge in [0.15, 0.2) is 0 Å². The van der Waals surface area contributed by atoms with Crippen LogP contribution in [0.5, 0.6) is 0 Å². The van der Waals surface area contributed by atoms with Gasteiger partial charge in [-0.3, -0.25) is 0 Å². The maximum absolute atomic E-state index is 4.31. The van der Waals surface area contributed by atoms with Gasteiger partial charge < -0.3 is 0 Å². The van der Waals surface area contributed by atoms with Crippen LogP contribution < -0.4 is 0 Å². The molecule has 88 heavy (non-hydrogen) atoms. The van der Waals surface area contributed by atoms with E-state index in [1.807, 2.05) is 0 Å². The SMILES string of the molecule is CCCCCCCCCCCCCCCCCCCCCCCCCCCCCCCCCCCCCCCCCCCCCCCCCCCCCCCCCCCCCCCCCCCCCCCCCCCCCCCCCCCCCCCS. The lowest BCUT2D eigenvalue weighted by Crippen LogP contribution is -1.85. The Labute approximate surface area is 567 Å². The lowest BCUT2D eigenvalue weighted by Gasteiger charge is -2.05. The Kier molecular flexibility index (Phi) is 87.7. The number of hydrogen-bond donors (Lipinski definition) is 1. The molecule has 0 aliphatic rings. The summed E-state index contributed by atoms with van der Waals surface area (Å²) in [6, 6.07) is 0. The minimum atomic E-state index is 1.07. The molecule has 1 heteroatoms. The van der Waals surface area contributed by atoms with E-state index >= 15 is 0 Å². The summed E-state index contributed by atoms with van der Waals surface area (Å²) in [6.07, 6.45) is 127. The van der Waals surface area contributed by atoms with Gasteiger partial charge in [0.05, 0.1) is 0 Å². The molecule has 0 aliphatic carbocycles. The summed E-state index contributed by atoms with van der Waals surface area (Å²) in [4.78, 5) is 0. The van der Waals surface area contributed by atoms with Crippen LogP contribution in [-0.4, -0.2) is 5.75 Å². The van der Waals surface area contributed by atoms with Crippen LogP contribution in [-0.2, 0) is 0 Å². The van der Waals surface area contributed by atoms with Crippen molar-refractivity contribution in [1.29, 1.82) is 0 Å². The molecule has 0 aromatic carbocycles. The van der Waals surface area contributed by atoms with Gasteiger partial charge in [-0.15, -0.1) is 0 Å². The lowest BCUT2D eigenvalue weighted by atomic mass is 10.0. The molecule has 0 aromatic heterocycles. The molecule has 0 radical (unpaired) electrons. The molecule has 530 valence electrons. The highest BCUT2D eigenvalue weighted by Crippen LogP contribution is 2.22. The number of unbranched alkanes of at least 4 members (excludes halogenated alkanes) is 84. The molecule has 0 saturated heterocycles. The van der Waals surface area contributed by atoms with Crippen molar-refractivity contribution in [2.45, 2.75) is 553 Å². The minimum absolute atomic E-state index is 1.07. The molecular formula is C87H176S. The molecule has 0 amide bonds. The first-order valence-corrected chi connectivity index (χ1v) is 44.2. The maximum Gasteiger partial charge on any atom is -0.00979 e. The second-order valence-electron chi connectivity index (χ2n) is 30.4. The second-order valence-corrected chi connectivity index (χ2v) is 30.9. The van der Waals surface area contributed by atoms with E-state index < -0.39 is 0 Å². The largest absolute Gasteiger partial charge is 0.179 e. The number of thiol groups is 1. The highest BCUT2D eigenvalue weighted by atomic mass is 32.1. The van der Waals surface area contributed by atoms with Crippen LogP contribution in [0.4, 0.5) is 0 Å². The average molecular weight is 1250 g/mol. The summed E-state index contributed by atoms with van der Waals surface area (Å²) in [5, 5.41) is 0. The van der Waals surface area contributed by atoms with Crippen LogP contribution in [0, 0.1) is 0 Å². The molecule has 0 N–H and O–H groups in total. The van der Waals surface area contributed by atoms with Gasteiger partial charge in [-0.1, -0.05) is 546 Å². The van der Waals surface area contributed by atoms with Gasteiger partial charge in [0.1, 0.15) is 0 Å². The van der Waals surface area contributed by atoms with Crippen molar-refractivity contribution in [3.63, 3.8) is 0 Å². The Morgan fingerprint density at radius 3 is 0.205 bits per heavy atom. The first-order valence-electron chi connectivity index (χ1n) is 43.5. The van der Waals surface area contributed by atoms with Crippen LogP contribution in [0.15, 0.2) is 0 Å².